The predicted octanol–water partition coefficient (Wildman–Crippen LogP) is 3.98. The zero-order valence-electron chi connectivity index (χ0n) is 11.1. The van der Waals surface area contributed by atoms with E-state index in [2.05, 4.69) is 22.2 Å². The zero-order valence-corrected chi connectivity index (χ0v) is 11.9. The van der Waals surface area contributed by atoms with Gasteiger partial charge in [-0.25, -0.2) is 9.97 Å². The van der Waals surface area contributed by atoms with Gasteiger partial charge in [0, 0.05) is 22.0 Å². The molecule has 0 saturated carbocycles. The molecule has 0 spiro atoms. The molecule has 0 amide bonds. The molecule has 1 aromatic carbocycles. The molecule has 1 aromatic heterocycles. The van der Waals surface area contributed by atoms with Crippen LogP contribution < -0.4 is 5.32 Å². The summed E-state index contributed by atoms with van der Waals surface area (Å²) in [5, 5.41) is 4.15. The molecule has 1 aliphatic carbocycles. The molecule has 1 aliphatic rings. The van der Waals surface area contributed by atoms with Gasteiger partial charge in [0.1, 0.15) is 11.6 Å². The number of hydrogen-bond acceptors (Lipinski definition) is 3. The van der Waals surface area contributed by atoms with E-state index < -0.39 is 0 Å². The average Bonchev–Trinajstić information content (AvgIpc) is 2.82. The lowest BCUT2D eigenvalue weighted by Crippen LogP contribution is -2.04. The quantitative estimate of drug-likeness (QED) is 0.899. The van der Waals surface area contributed by atoms with Gasteiger partial charge in [-0.3, -0.25) is 0 Å². The summed E-state index contributed by atoms with van der Waals surface area (Å²) >= 11 is 6.06. The van der Waals surface area contributed by atoms with E-state index in [0.717, 1.165) is 47.2 Å². The van der Waals surface area contributed by atoms with Gasteiger partial charge in [0.15, 0.2) is 0 Å². The second-order valence-corrected chi connectivity index (χ2v) is 5.42. The molecule has 0 bridgehead atoms. The fourth-order valence-corrected chi connectivity index (χ4v) is 2.69. The van der Waals surface area contributed by atoms with Crippen LogP contribution >= 0.6 is 11.6 Å². The van der Waals surface area contributed by atoms with Gasteiger partial charge in [0.25, 0.3) is 0 Å². The Morgan fingerprint density at radius 3 is 2.84 bits per heavy atom. The molecular weight excluding hydrogens is 258 g/mol. The van der Waals surface area contributed by atoms with Crippen molar-refractivity contribution >= 4 is 23.1 Å². The highest BCUT2D eigenvalue weighted by Crippen LogP contribution is 2.30. The number of aryl methyl sites for hydroxylation is 3. The third-order valence-electron chi connectivity index (χ3n) is 3.50. The minimum Gasteiger partial charge on any atom is -0.340 e. The van der Waals surface area contributed by atoms with Crippen LogP contribution in [0.25, 0.3) is 0 Å². The third-order valence-corrected chi connectivity index (χ3v) is 3.73. The predicted molar refractivity (Wildman–Crippen MR) is 78.3 cm³/mol. The summed E-state index contributed by atoms with van der Waals surface area (Å²) in [5.41, 5.74) is 4.62. The summed E-state index contributed by atoms with van der Waals surface area (Å²) < 4.78 is 0. The van der Waals surface area contributed by atoms with Crippen molar-refractivity contribution in [2.24, 2.45) is 0 Å². The van der Waals surface area contributed by atoms with Crippen LogP contribution in [0.15, 0.2) is 18.2 Å². The highest BCUT2D eigenvalue weighted by atomic mass is 35.5. The first-order valence-corrected chi connectivity index (χ1v) is 6.91. The maximum atomic E-state index is 6.06. The van der Waals surface area contributed by atoms with Crippen LogP contribution in [0.2, 0.25) is 5.02 Å². The summed E-state index contributed by atoms with van der Waals surface area (Å²) in [6, 6.07) is 5.85. The molecule has 2 aromatic rings. The molecule has 1 N–H and O–H groups in total. The molecule has 0 saturated heterocycles. The summed E-state index contributed by atoms with van der Waals surface area (Å²) in [4.78, 5) is 9.06. The van der Waals surface area contributed by atoms with E-state index in [1.807, 2.05) is 25.1 Å². The fraction of sp³-hybridized carbons (Fsp3) is 0.333. The molecule has 3 rings (SSSR count). The van der Waals surface area contributed by atoms with Gasteiger partial charge in [-0.15, -0.1) is 0 Å². The number of benzene rings is 1. The van der Waals surface area contributed by atoms with Crippen LogP contribution in [0.3, 0.4) is 0 Å². The number of aromatic nitrogens is 2. The highest BCUT2D eigenvalue weighted by molar-refractivity contribution is 6.30. The lowest BCUT2D eigenvalue weighted by atomic mass is 10.2. The molecular formula is C15H16ClN3. The minimum atomic E-state index is 0.732. The zero-order chi connectivity index (χ0) is 13.4. The minimum absolute atomic E-state index is 0.732. The maximum absolute atomic E-state index is 6.06. The summed E-state index contributed by atoms with van der Waals surface area (Å²) in [6.45, 7) is 4.00. The number of anilines is 2. The van der Waals surface area contributed by atoms with Crippen molar-refractivity contribution in [1.29, 1.82) is 0 Å². The van der Waals surface area contributed by atoms with Gasteiger partial charge in [-0.1, -0.05) is 17.7 Å². The molecule has 4 heteroatoms. The van der Waals surface area contributed by atoms with Crippen LogP contribution in [0.4, 0.5) is 11.5 Å². The van der Waals surface area contributed by atoms with Crippen molar-refractivity contribution in [3.8, 4) is 0 Å². The fourth-order valence-electron chi connectivity index (χ4n) is 2.52. The number of nitrogens with zero attached hydrogens (tertiary/aromatic N) is 2. The molecule has 0 unspecified atom stereocenters. The topological polar surface area (TPSA) is 37.8 Å². The molecule has 19 heavy (non-hydrogen) atoms. The first-order valence-electron chi connectivity index (χ1n) is 6.53. The second-order valence-electron chi connectivity index (χ2n) is 4.98. The highest BCUT2D eigenvalue weighted by Gasteiger charge is 2.18. The molecule has 0 atom stereocenters. The Morgan fingerprint density at radius 2 is 2.00 bits per heavy atom. The smallest absolute Gasteiger partial charge is 0.137 e. The van der Waals surface area contributed by atoms with Crippen LogP contribution in [-0.4, -0.2) is 9.97 Å². The van der Waals surface area contributed by atoms with E-state index in [9.17, 15) is 0 Å². The van der Waals surface area contributed by atoms with Gasteiger partial charge >= 0.3 is 0 Å². The lowest BCUT2D eigenvalue weighted by molar-refractivity contribution is 0.895. The molecule has 0 radical (unpaired) electrons. The number of halogens is 1. The number of fused-ring (bicyclic) bond motifs is 1. The van der Waals surface area contributed by atoms with E-state index in [1.165, 1.54) is 11.3 Å². The van der Waals surface area contributed by atoms with Gasteiger partial charge in [-0.2, -0.15) is 0 Å². The van der Waals surface area contributed by atoms with Crippen molar-refractivity contribution in [1.82, 2.24) is 9.97 Å². The van der Waals surface area contributed by atoms with Gasteiger partial charge in [0.2, 0.25) is 0 Å². The summed E-state index contributed by atoms with van der Waals surface area (Å²) in [7, 11) is 0. The second kappa shape index (κ2) is 4.82. The monoisotopic (exact) mass is 273 g/mol. The first kappa shape index (κ1) is 12.4. The van der Waals surface area contributed by atoms with Crippen molar-refractivity contribution in [3.05, 3.63) is 45.9 Å². The average molecular weight is 274 g/mol. The van der Waals surface area contributed by atoms with Crippen LogP contribution in [0, 0.1) is 13.8 Å². The van der Waals surface area contributed by atoms with E-state index in [4.69, 9.17) is 11.6 Å². The normalized spacial score (nSPS) is 13.4. The Kier molecular flexibility index (Phi) is 3.15. The van der Waals surface area contributed by atoms with Crippen LogP contribution in [0.1, 0.15) is 29.1 Å². The Hall–Kier alpha value is -1.61. The Balaban J connectivity index is 2.02. The first-order chi connectivity index (χ1) is 9.13. The SMILES string of the molecule is Cc1nc2c(c(Nc3cc(Cl)ccc3C)n1)CCC2. The van der Waals surface area contributed by atoms with Crippen molar-refractivity contribution in [2.75, 3.05) is 5.32 Å². The molecule has 98 valence electrons. The van der Waals surface area contributed by atoms with Crippen molar-refractivity contribution in [3.63, 3.8) is 0 Å². The standard InChI is InChI=1S/C15H16ClN3/c1-9-6-7-11(16)8-14(9)19-15-12-4-3-5-13(12)17-10(2)18-15/h6-8H,3-5H2,1-2H3,(H,17,18,19). The Bertz CT molecular complexity index is 638. The van der Waals surface area contributed by atoms with E-state index in [-0.39, 0.29) is 0 Å². The van der Waals surface area contributed by atoms with Crippen LogP contribution in [-0.2, 0) is 12.8 Å². The van der Waals surface area contributed by atoms with Crippen LogP contribution in [0.5, 0.6) is 0 Å². The third kappa shape index (κ3) is 2.43. The van der Waals surface area contributed by atoms with Crippen molar-refractivity contribution < 1.29 is 0 Å². The van der Waals surface area contributed by atoms with Gasteiger partial charge < -0.3 is 5.32 Å². The number of rotatable bonds is 2. The van der Waals surface area contributed by atoms with Gasteiger partial charge in [-0.05, 0) is 50.8 Å². The summed E-state index contributed by atoms with van der Waals surface area (Å²) in [6.07, 6.45) is 3.27. The number of hydrogen-bond donors (Lipinski definition) is 1. The Labute approximate surface area is 118 Å². The Morgan fingerprint density at radius 1 is 1.16 bits per heavy atom. The number of nitrogens with one attached hydrogen (secondary N) is 1. The summed E-state index contributed by atoms with van der Waals surface area (Å²) in [5.74, 6) is 1.76. The largest absolute Gasteiger partial charge is 0.340 e. The lowest BCUT2D eigenvalue weighted by Gasteiger charge is -2.13. The van der Waals surface area contributed by atoms with Gasteiger partial charge in [0.05, 0.1) is 0 Å². The molecule has 0 aliphatic heterocycles. The molecule has 1 heterocycles. The van der Waals surface area contributed by atoms with E-state index in [0.29, 0.717) is 0 Å². The molecule has 0 fully saturated rings. The van der Waals surface area contributed by atoms with E-state index >= 15 is 0 Å². The molecule has 3 nitrogen and oxygen atoms in total. The van der Waals surface area contributed by atoms with E-state index in [1.54, 1.807) is 0 Å². The van der Waals surface area contributed by atoms with Crippen molar-refractivity contribution in [2.45, 2.75) is 33.1 Å². The maximum Gasteiger partial charge on any atom is 0.137 e.